The Kier molecular flexibility index (Phi) is 3.00. The number of H-pyrrole nitrogens is 1. The first-order valence-electron chi connectivity index (χ1n) is 5.61. The molecule has 1 aromatic heterocycles. The summed E-state index contributed by atoms with van der Waals surface area (Å²) in [6.07, 6.45) is 1.67. The van der Waals surface area contributed by atoms with Crippen LogP contribution in [-0.4, -0.2) is 17.4 Å². The highest BCUT2D eigenvalue weighted by Gasteiger charge is 2.13. The van der Waals surface area contributed by atoms with Gasteiger partial charge in [0.25, 0.3) is 5.91 Å². The summed E-state index contributed by atoms with van der Waals surface area (Å²) in [5.41, 5.74) is 3.80. The molecule has 1 amide bonds. The molecule has 0 unspecified atom stereocenters. The van der Waals surface area contributed by atoms with E-state index in [1.165, 1.54) is 5.56 Å². The molecule has 17 heavy (non-hydrogen) atoms. The van der Waals surface area contributed by atoms with Crippen molar-refractivity contribution < 1.29 is 4.79 Å². The number of carbonyl (C=O) groups excluding carboxylic acids is 1. The van der Waals surface area contributed by atoms with Crippen molar-refractivity contribution >= 4 is 16.8 Å². The number of hydrogen-bond donors (Lipinski definition) is 2. The summed E-state index contributed by atoms with van der Waals surface area (Å²) in [7, 11) is 0. The lowest BCUT2D eigenvalue weighted by Gasteiger charge is -2.00. The van der Waals surface area contributed by atoms with E-state index >= 15 is 0 Å². The highest BCUT2D eigenvalue weighted by Crippen LogP contribution is 2.22. The van der Waals surface area contributed by atoms with Crippen LogP contribution >= 0.6 is 0 Å². The second-order valence-electron chi connectivity index (χ2n) is 4.17. The minimum absolute atomic E-state index is 0.0868. The number of carbonyl (C=O) groups is 1. The second kappa shape index (κ2) is 4.45. The van der Waals surface area contributed by atoms with Gasteiger partial charge in [0.15, 0.2) is 0 Å². The molecule has 0 saturated carbocycles. The summed E-state index contributed by atoms with van der Waals surface area (Å²) in [5.74, 6) is -0.0868. The zero-order valence-electron chi connectivity index (χ0n) is 10.1. The van der Waals surface area contributed by atoms with E-state index in [1.54, 1.807) is 6.08 Å². The quantitative estimate of drug-likeness (QED) is 0.779. The summed E-state index contributed by atoms with van der Waals surface area (Å²) in [6.45, 7) is 8.05. The fraction of sp³-hybridized carbons (Fsp3) is 0.214. The number of fused-ring (bicyclic) bond motifs is 1. The molecule has 0 radical (unpaired) electrons. The van der Waals surface area contributed by atoms with Crippen LogP contribution in [0.5, 0.6) is 0 Å². The Bertz CT molecular complexity index is 581. The van der Waals surface area contributed by atoms with E-state index < -0.39 is 0 Å². The van der Waals surface area contributed by atoms with Gasteiger partial charge in [-0.3, -0.25) is 4.79 Å². The van der Waals surface area contributed by atoms with Crippen LogP contribution in [0.4, 0.5) is 0 Å². The van der Waals surface area contributed by atoms with Crippen LogP contribution < -0.4 is 5.32 Å². The maximum Gasteiger partial charge on any atom is 0.268 e. The summed E-state index contributed by atoms with van der Waals surface area (Å²) in [4.78, 5) is 15.1. The molecule has 2 rings (SSSR count). The van der Waals surface area contributed by atoms with Crippen molar-refractivity contribution in [1.29, 1.82) is 0 Å². The minimum Gasteiger partial charge on any atom is -0.350 e. The first kappa shape index (κ1) is 11.5. The van der Waals surface area contributed by atoms with E-state index in [4.69, 9.17) is 0 Å². The van der Waals surface area contributed by atoms with E-state index in [9.17, 15) is 4.79 Å². The number of aromatic amines is 1. The maximum absolute atomic E-state index is 11.9. The van der Waals surface area contributed by atoms with E-state index in [2.05, 4.69) is 22.9 Å². The molecule has 0 saturated heterocycles. The molecule has 1 aromatic carbocycles. The van der Waals surface area contributed by atoms with Gasteiger partial charge in [0.05, 0.1) is 0 Å². The Hall–Kier alpha value is -2.03. The largest absolute Gasteiger partial charge is 0.350 e. The second-order valence-corrected chi connectivity index (χ2v) is 4.17. The van der Waals surface area contributed by atoms with Gasteiger partial charge < -0.3 is 10.3 Å². The van der Waals surface area contributed by atoms with Crippen LogP contribution in [0.25, 0.3) is 10.9 Å². The first-order valence-corrected chi connectivity index (χ1v) is 5.61. The molecule has 0 aliphatic carbocycles. The van der Waals surface area contributed by atoms with Crippen LogP contribution in [0.1, 0.15) is 21.6 Å². The Balaban J connectivity index is 2.44. The van der Waals surface area contributed by atoms with E-state index in [-0.39, 0.29) is 5.91 Å². The molecule has 0 spiro atoms. The Labute approximate surface area is 101 Å². The zero-order chi connectivity index (χ0) is 12.4. The fourth-order valence-corrected chi connectivity index (χ4v) is 1.93. The van der Waals surface area contributed by atoms with Gasteiger partial charge in [0.1, 0.15) is 5.69 Å². The molecule has 3 heteroatoms. The van der Waals surface area contributed by atoms with Crippen LogP contribution in [0.2, 0.25) is 0 Å². The number of benzene rings is 1. The number of amides is 1. The predicted molar refractivity (Wildman–Crippen MR) is 70.3 cm³/mol. The zero-order valence-corrected chi connectivity index (χ0v) is 10.1. The predicted octanol–water partition coefficient (Wildman–Crippen LogP) is 2.70. The summed E-state index contributed by atoms with van der Waals surface area (Å²) in [6, 6.07) is 6.14. The van der Waals surface area contributed by atoms with Crippen molar-refractivity contribution in [3.05, 3.63) is 47.7 Å². The van der Waals surface area contributed by atoms with Crippen LogP contribution in [0.3, 0.4) is 0 Å². The van der Waals surface area contributed by atoms with Gasteiger partial charge in [-0.2, -0.15) is 0 Å². The van der Waals surface area contributed by atoms with Gasteiger partial charge >= 0.3 is 0 Å². The Morgan fingerprint density at radius 2 is 2.24 bits per heavy atom. The maximum atomic E-state index is 11.9. The minimum atomic E-state index is -0.0868. The highest BCUT2D eigenvalue weighted by atomic mass is 16.1. The highest BCUT2D eigenvalue weighted by molar-refractivity contribution is 6.01. The Morgan fingerprint density at radius 1 is 1.47 bits per heavy atom. The average Bonchev–Trinajstić information content (AvgIpc) is 2.63. The van der Waals surface area contributed by atoms with Gasteiger partial charge in [-0.15, -0.1) is 6.58 Å². The van der Waals surface area contributed by atoms with Crippen molar-refractivity contribution in [2.75, 3.05) is 6.54 Å². The molecule has 0 bridgehead atoms. The SMILES string of the molecule is C=CCNC(=O)c1[nH]c2cc(C)ccc2c1C. The molecule has 88 valence electrons. The normalized spacial score (nSPS) is 10.5. The fourth-order valence-electron chi connectivity index (χ4n) is 1.93. The summed E-state index contributed by atoms with van der Waals surface area (Å²) >= 11 is 0. The molecule has 0 aliphatic rings. The molecular weight excluding hydrogens is 212 g/mol. The monoisotopic (exact) mass is 228 g/mol. The van der Waals surface area contributed by atoms with Crippen molar-refractivity contribution in [1.82, 2.24) is 10.3 Å². The molecule has 2 aromatic rings. The van der Waals surface area contributed by atoms with Crippen molar-refractivity contribution in [3.8, 4) is 0 Å². The van der Waals surface area contributed by atoms with Crippen LogP contribution in [0.15, 0.2) is 30.9 Å². The number of hydrogen-bond acceptors (Lipinski definition) is 1. The van der Waals surface area contributed by atoms with Crippen molar-refractivity contribution in [3.63, 3.8) is 0 Å². The third-order valence-corrected chi connectivity index (χ3v) is 2.85. The van der Waals surface area contributed by atoms with Gasteiger partial charge in [-0.25, -0.2) is 0 Å². The molecule has 0 aliphatic heterocycles. The number of aryl methyl sites for hydroxylation is 2. The lowest BCUT2D eigenvalue weighted by atomic mass is 10.1. The van der Waals surface area contributed by atoms with E-state index in [0.717, 1.165) is 16.5 Å². The third kappa shape index (κ3) is 2.09. The topological polar surface area (TPSA) is 44.9 Å². The molecule has 0 atom stereocenters. The molecule has 3 nitrogen and oxygen atoms in total. The van der Waals surface area contributed by atoms with Gasteiger partial charge in [-0.05, 0) is 31.0 Å². The average molecular weight is 228 g/mol. The smallest absolute Gasteiger partial charge is 0.268 e. The first-order chi connectivity index (χ1) is 8.13. The van der Waals surface area contributed by atoms with Gasteiger partial charge in [0.2, 0.25) is 0 Å². The lowest BCUT2D eigenvalue weighted by Crippen LogP contribution is -2.24. The number of aromatic nitrogens is 1. The van der Waals surface area contributed by atoms with E-state index in [1.807, 2.05) is 26.0 Å². The molecule has 0 fully saturated rings. The van der Waals surface area contributed by atoms with E-state index in [0.29, 0.717) is 12.2 Å². The van der Waals surface area contributed by atoms with Crippen LogP contribution in [-0.2, 0) is 0 Å². The van der Waals surface area contributed by atoms with Crippen molar-refractivity contribution in [2.45, 2.75) is 13.8 Å². The van der Waals surface area contributed by atoms with Gasteiger partial charge in [0, 0.05) is 17.4 Å². The molecule has 1 heterocycles. The van der Waals surface area contributed by atoms with Crippen molar-refractivity contribution in [2.24, 2.45) is 0 Å². The summed E-state index contributed by atoms with van der Waals surface area (Å²) in [5, 5.41) is 3.87. The third-order valence-electron chi connectivity index (χ3n) is 2.85. The number of nitrogens with one attached hydrogen (secondary N) is 2. The number of rotatable bonds is 3. The summed E-state index contributed by atoms with van der Waals surface area (Å²) < 4.78 is 0. The standard InChI is InChI=1S/C14H16N2O/c1-4-7-15-14(17)13-10(3)11-6-5-9(2)8-12(11)16-13/h4-6,8,16H,1,7H2,2-3H3,(H,15,17). The lowest BCUT2D eigenvalue weighted by molar-refractivity contribution is 0.0953. The molecule has 2 N–H and O–H groups in total. The Morgan fingerprint density at radius 3 is 2.94 bits per heavy atom. The van der Waals surface area contributed by atoms with Crippen LogP contribution in [0, 0.1) is 13.8 Å². The van der Waals surface area contributed by atoms with Gasteiger partial charge in [-0.1, -0.05) is 18.2 Å². The molecular formula is C14H16N2O.